The van der Waals surface area contributed by atoms with E-state index in [4.69, 9.17) is 16.8 Å². The van der Waals surface area contributed by atoms with Gasteiger partial charge in [-0.1, -0.05) is 41.6 Å². The van der Waals surface area contributed by atoms with Crippen LogP contribution >= 0.6 is 23.4 Å². The fourth-order valence-electron chi connectivity index (χ4n) is 1.29. The van der Waals surface area contributed by atoms with Crippen LogP contribution < -0.4 is 5.48 Å². The molecule has 2 rings (SSSR count). The first-order chi connectivity index (χ1) is 7.79. The van der Waals surface area contributed by atoms with Crippen molar-refractivity contribution < 1.29 is 5.21 Å². The number of anilines is 1. The molecule has 2 aromatic carbocycles. The Kier molecular flexibility index (Phi) is 3.72. The van der Waals surface area contributed by atoms with Crippen LogP contribution in [0.15, 0.2) is 58.3 Å². The Balaban J connectivity index is 2.28. The Bertz CT molecular complexity index is 476. The third kappa shape index (κ3) is 2.70. The largest absolute Gasteiger partial charge is 0.291 e. The molecule has 0 spiro atoms. The highest BCUT2D eigenvalue weighted by Crippen LogP contribution is 2.34. The molecular formula is C12H10ClNOS. The van der Waals surface area contributed by atoms with Crippen molar-refractivity contribution in [3.8, 4) is 0 Å². The van der Waals surface area contributed by atoms with Gasteiger partial charge in [-0.05, 0) is 30.3 Å². The molecule has 2 nitrogen and oxygen atoms in total. The van der Waals surface area contributed by atoms with Gasteiger partial charge in [0.15, 0.2) is 0 Å². The summed E-state index contributed by atoms with van der Waals surface area (Å²) in [5.41, 5.74) is 2.76. The molecule has 82 valence electrons. The maximum absolute atomic E-state index is 9.00. The lowest BCUT2D eigenvalue weighted by molar-refractivity contribution is 0.387. The van der Waals surface area contributed by atoms with E-state index in [0.29, 0.717) is 10.7 Å². The molecule has 2 aromatic rings. The van der Waals surface area contributed by atoms with Crippen LogP contribution in [0.5, 0.6) is 0 Å². The molecule has 0 radical (unpaired) electrons. The Morgan fingerprint density at radius 3 is 2.50 bits per heavy atom. The highest BCUT2D eigenvalue weighted by molar-refractivity contribution is 7.99. The van der Waals surface area contributed by atoms with Crippen LogP contribution in [0.1, 0.15) is 0 Å². The smallest absolute Gasteiger partial charge is 0.0756 e. The number of nitrogens with one attached hydrogen (secondary N) is 1. The van der Waals surface area contributed by atoms with Gasteiger partial charge in [-0.25, -0.2) is 0 Å². The van der Waals surface area contributed by atoms with E-state index in [1.807, 2.05) is 36.4 Å². The van der Waals surface area contributed by atoms with Crippen LogP contribution in [0.25, 0.3) is 0 Å². The molecule has 0 aliphatic heterocycles. The van der Waals surface area contributed by atoms with Crippen molar-refractivity contribution in [2.45, 2.75) is 9.79 Å². The lowest BCUT2D eigenvalue weighted by atomic mass is 10.3. The van der Waals surface area contributed by atoms with E-state index in [1.54, 1.807) is 23.9 Å². The molecule has 0 aliphatic carbocycles. The van der Waals surface area contributed by atoms with Gasteiger partial charge in [0.2, 0.25) is 0 Å². The highest BCUT2D eigenvalue weighted by Gasteiger charge is 2.04. The minimum Gasteiger partial charge on any atom is -0.291 e. The first kappa shape index (κ1) is 11.3. The zero-order valence-electron chi connectivity index (χ0n) is 8.35. The fraction of sp³-hybridized carbons (Fsp3) is 0. The van der Waals surface area contributed by atoms with Crippen molar-refractivity contribution in [2.24, 2.45) is 0 Å². The number of hydrogen-bond donors (Lipinski definition) is 2. The van der Waals surface area contributed by atoms with E-state index in [9.17, 15) is 0 Å². The molecule has 0 atom stereocenters. The summed E-state index contributed by atoms with van der Waals surface area (Å²) in [7, 11) is 0. The van der Waals surface area contributed by atoms with Crippen LogP contribution in [-0.2, 0) is 0 Å². The maximum atomic E-state index is 9.00. The Morgan fingerprint density at radius 1 is 1.06 bits per heavy atom. The standard InChI is InChI=1S/C12H10ClNOS/c13-9-6-7-12(11(8-9)14-15)16-10-4-2-1-3-5-10/h1-8,14-15H. The molecule has 0 bridgehead atoms. The van der Waals surface area contributed by atoms with E-state index < -0.39 is 0 Å². The van der Waals surface area contributed by atoms with Crippen molar-refractivity contribution in [3.63, 3.8) is 0 Å². The van der Waals surface area contributed by atoms with Gasteiger partial charge in [0.05, 0.1) is 5.69 Å². The number of halogens is 1. The van der Waals surface area contributed by atoms with E-state index in [1.165, 1.54) is 0 Å². The van der Waals surface area contributed by atoms with Crippen molar-refractivity contribution in [2.75, 3.05) is 5.48 Å². The predicted octanol–water partition coefficient (Wildman–Crippen LogP) is 4.29. The second-order valence-electron chi connectivity index (χ2n) is 3.17. The second kappa shape index (κ2) is 5.25. The minimum absolute atomic E-state index is 0.592. The summed E-state index contributed by atoms with van der Waals surface area (Å²) in [6.45, 7) is 0. The van der Waals surface area contributed by atoms with E-state index in [0.717, 1.165) is 9.79 Å². The highest BCUT2D eigenvalue weighted by atomic mass is 35.5. The Morgan fingerprint density at radius 2 is 1.81 bits per heavy atom. The van der Waals surface area contributed by atoms with Gasteiger partial charge in [-0.15, -0.1) is 0 Å². The zero-order chi connectivity index (χ0) is 11.4. The summed E-state index contributed by atoms with van der Waals surface area (Å²) in [5, 5.41) is 9.59. The fourth-order valence-corrected chi connectivity index (χ4v) is 2.36. The molecule has 16 heavy (non-hydrogen) atoms. The average Bonchev–Trinajstić information content (AvgIpc) is 2.33. The monoisotopic (exact) mass is 251 g/mol. The Hall–Kier alpha value is -1.16. The molecule has 0 saturated heterocycles. The third-order valence-corrected chi connectivity index (χ3v) is 3.35. The first-order valence-electron chi connectivity index (χ1n) is 4.72. The van der Waals surface area contributed by atoms with Crippen molar-refractivity contribution >= 4 is 29.1 Å². The maximum Gasteiger partial charge on any atom is 0.0756 e. The number of hydrogen-bond acceptors (Lipinski definition) is 3. The lowest BCUT2D eigenvalue weighted by Gasteiger charge is -2.07. The van der Waals surface area contributed by atoms with Gasteiger partial charge in [0.1, 0.15) is 0 Å². The van der Waals surface area contributed by atoms with Crippen LogP contribution in [0.4, 0.5) is 5.69 Å². The van der Waals surface area contributed by atoms with Gasteiger partial charge >= 0.3 is 0 Å². The van der Waals surface area contributed by atoms with E-state index in [2.05, 4.69) is 5.48 Å². The first-order valence-corrected chi connectivity index (χ1v) is 5.91. The normalized spacial score (nSPS) is 10.1. The van der Waals surface area contributed by atoms with E-state index >= 15 is 0 Å². The second-order valence-corrected chi connectivity index (χ2v) is 4.72. The topological polar surface area (TPSA) is 32.3 Å². The molecule has 2 N–H and O–H groups in total. The molecule has 0 saturated carbocycles. The van der Waals surface area contributed by atoms with Gasteiger partial charge in [-0.2, -0.15) is 0 Å². The summed E-state index contributed by atoms with van der Waals surface area (Å²) in [6, 6.07) is 15.3. The Labute approximate surface area is 103 Å². The van der Waals surface area contributed by atoms with Crippen molar-refractivity contribution in [1.29, 1.82) is 0 Å². The summed E-state index contributed by atoms with van der Waals surface area (Å²) in [6.07, 6.45) is 0. The van der Waals surface area contributed by atoms with Crippen LogP contribution in [0.2, 0.25) is 5.02 Å². The molecule has 0 aliphatic rings. The summed E-state index contributed by atoms with van der Waals surface area (Å²) in [4.78, 5) is 2.04. The summed E-state index contributed by atoms with van der Waals surface area (Å²) in [5.74, 6) is 0. The molecular weight excluding hydrogens is 242 g/mol. The van der Waals surface area contributed by atoms with Gasteiger partial charge < -0.3 is 0 Å². The summed E-state index contributed by atoms with van der Waals surface area (Å²) >= 11 is 7.40. The van der Waals surface area contributed by atoms with Crippen LogP contribution in [0.3, 0.4) is 0 Å². The SMILES string of the molecule is ONc1cc(Cl)ccc1Sc1ccccc1. The molecule has 0 amide bonds. The van der Waals surface area contributed by atoms with Gasteiger partial charge in [0, 0.05) is 14.8 Å². The van der Waals surface area contributed by atoms with Gasteiger partial charge in [-0.3, -0.25) is 10.7 Å². The zero-order valence-corrected chi connectivity index (χ0v) is 9.92. The average molecular weight is 252 g/mol. The molecule has 0 fully saturated rings. The quantitative estimate of drug-likeness (QED) is 0.798. The third-order valence-electron chi connectivity index (χ3n) is 2.03. The number of rotatable bonds is 3. The van der Waals surface area contributed by atoms with Crippen LogP contribution in [-0.4, -0.2) is 5.21 Å². The summed E-state index contributed by atoms with van der Waals surface area (Å²) < 4.78 is 0. The van der Waals surface area contributed by atoms with Crippen molar-refractivity contribution in [1.82, 2.24) is 0 Å². The number of benzene rings is 2. The molecule has 4 heteroatoms. The lowest BCUT2D eigenvalue weighted by Crippen LogP contribution is -1.91. The molecule has 0 unspecified atom stereocenters. The van der Waals surface area contributed by atoms with Crippen molar-refractivity contribution in [3.05, 3.63) is 53.6 Å². The molecule has 0 aromatic heterocycles. The van der Waals surface area contributed by atoms with Gasteiger partial charge in [0.25, 0.3) is 0 Å². The minimum atomic E-state index is 0.592. The van der Waals surface area contributed by atoms with Crippen LogP contribution in [0, 0.1) is 0 Å². The molecule has 0 heterocycles. The van der Waals surface area contributed by atoms with E-state index in [-0.39, 0.29) is 0 Å². The predicted molar refractivity (Wildman–Crippen MR) is 67.4 cm³/mol.